The number of amides is 1. The third-order valence-electron chi connectivity index (χ3n) is 3.20. The molecule has 0 heterocycles. The van der Waals surface area contributed by atoms with Gasteiger partial charge in [0.15, 0.2) is 0 Å². The van der Waals surface area contributed by atoms with Gasteiger partial charge in [-0.2, -0.15) is 0 Å². The molecule has 1 N–H and O–H groups in total. The number of carbonyl (C=O) groups is 1. The summed E-state index contributed by atoms with van der Waals surface area (Å²) in [6.45, 7) is 2.69. The van der Waals surface area contributed by atoms with E-state index in [0.717, 1.165) is 12.8 Å². The molecule has 0 saturated carbocycles. The molecular formula is C17H18N2O4. The van der Waals surface area contributed by atoms with Crippen LogP contribution in [0.3, 0.4) is 0 Å². The molecule has 0 fully saturated rings. The van der Waals surface area contributed by atoms with Crippen LogP contribution in [0.15, 0.2) is 48.5 Å². The molecule has 0 aliphatic carbocycles. The molecule has 23 heavy (non-hydrogen) atoms. The maximum Gasteiger partial charge on any atom is 0.282 e. The molecule has 0 saturated heterocycles. The Labute approximate surface area is 134 Å². The number of carbonyl (C=O) groups excluding carboxylic acids is 1. The van der Waals surface area contributed by atoms with Gasteiger partial charge in [-0.05, 0) is 24.6 Å². The molecular weight excluding hydrogens is 296 g/mol. The molecule has 0 unspecified atom stereocenters. The number of nitro benzene ring substituents is 1. The summed E-state index contributed by atoms with van der Waals surface area (Å²) >= 11 is 0. The summed E-state index contributed by atoms with van der Waals surface area (Å²) in [6, 6.07) is 12.8. The second-order valence-electron chi connectivity index (χ2n) is 4.96. The summed E-state index contributed by atoms with van der Waals surface area (Å²) in [4.78, 5) is 22.7. The largest absolute Gasteiger partial charge is 0.494 e. The van der Waals surface area contributed by atoms with Gasteiger partial charge in [0.25, 0.3) is 11.6 Å². The van der Waals surface area contributed by atoms with Gasteiger partial charge in [-0.15, -0.1) is 0 Å². The number of nitro groups is 1. The number of benzene rings is 2. The number of para-hydroxylation sites is 1. The molecule has 0 atom stereocenters. The summed E-state index contributed by atoms with van der Waals surface area (Å²) in [5.74, 6) is 0.127. The highest BCUT2D eigenvalue weighted by molar-refractivity contribution is 6.07. The third-order valence-corrected chi connectivity index (χ3v) is 3.20. The molecule has 0 radical (unpaired) electrons. The number of rotatable bonds is 7. The van der Waals surface area contributed by atoms with Crippen LogP contribution in [-0.2, 0) is 0 Å². The van der Waals surface area contributed by atoms with Crippen LogP contribution in [0.1, 0.15) is 30.1 Å². The van der Waals surface area contributed by atoms with Crippen LogP contribution in [0.5, 0.6) is 5.75 Å². The Hall–Kier alpha value is -2.89. The standard InChI is InChI=1S/C17H18N2O4/c1-2-3-11-23-14-8-6-7-13(12-14)18-17(20)15-9-4-5-10-16(15)19(21)22/h4-10,12H,2-3,11H2,1H3,(H,18,20). The molecule has 0 bridgehead atoms. The van der Waals surface area contributed by atoms with E-state index < -0.39 is 10.8 Å². The van der Waals surface area contributed by atoms with Gasteiger partial charge in [0.05, 0.1) is 11.5 Å². The number of anilines is 1. The summed E-state index contributed by atoms with van der Waals surface area (Å²) < 4.78 is 5.58. The van der Waals surface area contributed by atoms with E-state index in [1.54, 1.807) is 30.3 Å². The zero-order valence-electron chi connectivity index (χ0n) is 12.8. The number of unbranched alkanes of at least 4 members (excludes halogenated alkanes) is 1. The Morgan fingerprint density at radius 3 is 2.74 bits per heavy atom. The number of ether oxygens (including phenoxy) is 1. The van der Waals surface area contributed by atoms with Gasteiger partial charge in [0.2, 0.25) is 0 Å². The van der Waals surface area contributed by atoms with Crippen molar-refractivity contribution in [3.05, 3.63) is 64.2 Å². The summed E-state index contributed by atoms with van der Waals surface area (Å²) in [5, 5.41) is 13.6. The maximum absolute atomic E-state index is 12.3. The lowest BCUT2D eigenvalue weighted by molar-refractivity contribution is -0.385. The first-order valence-corrected chi connectivity index (χ1v) is 7.39. The highest BCUT2D eigenvalue weighted by Crippen LogP contribution is 2.21. The van der Waals surface area contributed by atoms with Crippen molar-refractivity contribution in [3.63, 3.8) is 0 Å². The molecule has 0 aliphatic rings. The normalized spacial score (nSPS) is 10.1. The summed E-state index contributed by atoms with van der Waals surface area (Å²) in [6.07, 6.45) is 1.99. The second-order valence-corrected chi connectivity index (χ2v) is 4.96. The van der Waals surface area contributed by atoms with Crippen LogP contribution in [-0.4, -0.2) is 17.4 Å². The van der Waals surface area contributed by atoms with Crippen molar-refractivity contribution >= 4 is 17.3 Å². The molecule has 6 heteroatoms. The minimum atomic E-state index is -0.570. The Kier molecular flexibility index (Phi) is 5.68. The zero-order chi connectivity index (χ0) is 16.7. The average molecular weight is 314 g/mol. The fourth-order valence-corrected chi connectivity index (χ4v) is 2.02. The van der Waals surface area contributed by atoms with Crippen LogP contribution in [0.4, 0.5) is 11.4 Å². The quantitative estimate of drug-likeness (QED) is 0.475. The van der Waals surface area contributed by atoms with Crippen molar-refractivity contribution in [1.29, 1.82) is 0 Å². The lowest BCUT2D eigenvalue weighted by Gasteiger charge is -2.09. The van der Waals surface area contributed by atoms with Gasteiger partial charge >= 0.3 is 0 Å². The SMILES string of the molecule is CCCCOc1cccc(NC(=O)c2ccccc2[N+](=O)[O-])c1. The van der Waals surface area contributed by atoms with Crippen LogP contribution >= 0.6 is 0 Å². The minimum Gasteiger partial charge on any atom is -0.494 e. The van der Waals surface area contributed by atoms with Crippen LogP contribution in [0.25, 0.3) is 0 Å². The van der Waals surface area contributed by atoms with Crippen molar-refractivity contribution in [2.45, 2.75) is 19.8 Å². The van der Waals surface area contributed by atoms with Gasteiger partial charge in [-0.25, -0.2) is 0 Å². The van der Waals surface area contributed by atoms with Gasteiger partial charge in [-0.3, -0.25) is 14.9 Å². The van der Waals surface area contributed by atoms with E-state index in [-0.39, 0.29) is 11.3 Å². The van der Waals surface area contributed by atoms with Crippen molar-refractivity contribution in [3.8, 4) is 5.75 Å². The highest BCUT2D eigenvalue weighted by Gasteiger charge is 2.19. The predicted octanol–water partition coefficient (Wildman–Crippen LogP) is 4.03. The van der Waals surface area contributed by atoms with E-state index >= 15 is 0 Å². The number of hydrogen-bond acceptors (Lipinski definition) is 4. The molecule has 2 rings (SSSR count). The number of nitrogens with zero attached hydrogens (tertiary/aromatic N) is 1. The molecule has 0 spiro atoms. The lowest BCUT2D eigenvalue weighted by Crippen LogP contribution is -2.13. The summed E-state index contributed by atoms with van der Waals surface area (Å²) in [7, 11) is 0. The molecule has 2 aromatic rings. The maximum atomic E-state index is 12.3. The van der Waals surface area contributed by atoms with Crippen LogP contribution in [0.2, 0.25) is 0 Å². The van der Waals surface area contributed by atoms with E-state index in [0.29, 0.717) is 18.0 Å². The molecule has 1 amide bonds. The van der Waals surface area contributed by atoms with Gasteiger partial charge in [-0.1, -0.05) is 31.5 Å². The van der Waals surface area contributed by atoms with E-state index in [2.05, 4.69) is 12.2 Å². The smallest absolute Gasteiger partial charge is 0.282 e. The van der Waals surface area contributed by atoms with Crippen molar-refractivity contribution in [2.75, 3.05) is 11.9 Å². The van der Waals surface area contributed by atoms with E-state index in [4.69, 9.17) is 4.74 Å². The first-order valence-electron chi connectivity index (χ1n) is 7.39. The first kappa shape index (κ1) is 16.5. The monoisotopic (exact) mass is 314 g/mol. The number of nitrogens with one attached hydrogen (secondary N) is 1. The number of hydrogen-bond donors (Lipinski definition) is 1. The highest BCUT2D eigenvalue weighted by atomic mass is 16.6. The van der Waals surface area contributed by atoms with Crippen molar-refractivity contribution in [1.82, 2.24) is 0 Å². The summed E-state index contributed by atoms with van der Waals surface area (Å²) in [5.41, 5.74) is 0.331. The fourth-order valence-electron chi connectivity index (χ4n) is 2.02. The second kappa shape index (κ2) is 7.93. The average Bonchev–Trinajstić information content (AvgIpc) is 2.55. The first-order chi connectivity index (χ1) is 11.1. The van der Waals surface area contributed by atoms with Gasteiger partial charge in [0.1, 0.15) is 11.3 Å². The fraction of sp³-hybridized carbons (Fsp3) is 0.235. The van der Waals surface area contributed by atoms with Crippen molar-refractivity contribution in [2.24, 2.45) is 0 Å². The lowest BCUT2D eigenvalue weighted by atomic mass is 10.1. The molecule has 120 valence electrons. The third kappa shape index (κ3) is 4.54. The predicted molar refractivity (Wildman–Crippen MR) is 87.9 cm³/mol. The molecule has 0 aromatic heterocycles. The Balaban J connectivity index is 2.11. The van der Waals surface area contributed by atoms with Crippen LogP contribution < -0.4 is 10.1 Å². The van der Waals surface area contributed by atoms with E-state index in [1.165, 1.54) is 18.2 Å². The van der Waals surface area contributed by atoms with Gasteiger partial charge in [0, 0.05) is 17.8 Å². The van der Waals surface area contributed by atoms with Crippen molar-refractivity contribution < 1.29 is 14.5 Å². The Morgan fingerprint density at radius 2 is 2.00 bits per heavy atom. The van der Waals surface area contributed by atoms with Crippen LogP contribution in [0, 0.1) is 10.1 Å². The van der Waals surface area contributed by atoms with E-state index in [1.807, 2.05) is 0 Å². The van der Waals surface area contributed by atoms with E-state index in [9.17, 15) is 14.9 Å². The van der Waals surface area contributed by atoms with Gasteiger partial charge < -0.3 is 10.1 Å². The molecule has 0 aliphatic heterocycles. The molecule has 2 aromatic carbocycles. The zero-order valence-corrected chi connectivity index (χ0v) is 12.8. The minimum absolute atomic E-state index is 0.0230. The topological polar surface area (TPSA) is 81.5 Å². The Morgan fingerprint density at radius 1 is 1.22 bits per heavy atom. The Bertz CT molecular complexity index is 700. The molecule has 6 nitrogen and oxygen atoms in total.